The monoisotopic (exact) mass is 416 g/mol. The van der Waals surface area contributed by atoms with Gasteiger partial charge in [-0.1, -0.05) is 6.92 Å². The first-order valence-corrected chi connectivity index (χ1v) is 10.5. The van der Waals surface area contributed by atoms with Gasteiger partial charge in [-0.15, -0.1) is 0 Å². The van der Waals surface area contributed by atoms with Gasteiger partial charge < -0.3 is 15.1 Å². The molecule has 2 aromatic rings. The number of oxazole rings is 1. The SMILES string of the molecule is CCCNC(=O)CN1CCC(NC(=O)CCc2ncc(-c3ccc(F)cc3)o2)CC1. The minimum atomic E-state index is -0.305. The number of aryl methyl sites for hydroxylation is 1. The molecule has 162 valence electrons. The van der Waals surface area contributed by atoms with E-state index in [2.05, 4.69) is 20.5 Å². The first-order chi connectivity index (χ1) is 14.5. The summed E-state index contributed by atoms with van der Waals surface area (Å²) in [6.45, 7) is 4.75. The highest BCUT2D eigenvalue weighted by atomic mass is 19.1. The van der Waals surface area contributed by atoms with E-state index in [9.17, 15) is 14.0 Å². The van der Waals surface area contributed by atoms with Crippen LogP contribution in [0, 0.1) is 5.82 Å². The van der Waals surface area contributed by atoms with E-state index in [1.807, 2.05) is 6.92 Å². The van der Waals surface area contributed by atoms with Crippen molar-refractivity contribution < 1.29 is 18.4 Å². The molecule has 2 heterocycles. The van der Waals surface area contributed by atoms with Crippen molar-refractivity contribution in [1.82, 2.24) is 20.5 Å². The minimum absolute atomic E-state index is 0.0318. The van der Waals surface area contributed by atoms with Crippen LogP contribution in [0.25, 0.3) is 11.3 Å². The number of nitrogens with zero attached hydrogens (tertiary/aromatic N) is 2. The van der Waals surface area contributed by atoms with Crippen LogP contribution < -0.4 is 10.6 Å². The van der Waals surface area contributed by atoms with Gasteiger partial charge in [-0.2, -0.15) is 0 Å². The highest BCUT2D eigenvalue weighted by Gasteiger charge is 2.22. The summed E-state index contributed by atoms with van der Waals surface area (Å²) in [4.78, 5) is 30.4. The normalized spacial score (nSPS) is 15.1. The van der Waals surface area contributed by atoms with Crippen LogP contribution in [-0.4, -0.2) is 53.9 Å². The van der Waals surface area contributed by atoms with Gasteiger partial charge in [-0.05, 0) is 43.5 Å². The number of halogens is 1. The first kappa shape index (κ1) is 22.0. The number of hydrogen-bond acceptors (Lipinski definition) is 5. The molecule has 0 bridgehead atoms. The largest absolute Gasteiger partial charge is 0.441 e. The number of amides is 2. The molecule has 0 spiro atoms. The fourth-order valence-corrected chi connectivity index (χ4v) is 3.45. The van der Waals surface area contributed by atoms with E-state index in [4.69, 9.17) is 4.42 Å². The molecule has 1 aromatic carbocycles. The van der Waals surface area contributed by atoms with Gasteiger partial charge in [0.1, 0.15) is 5.82 Å². The zero-order valence-corrected chi connectivity index (χ0v) is 17.3. The molecule has 1 aliphatic heterocycles. The number of rotatable bonds is 9. The Bertz CT molecular complexity index is 829. The predicted molar refractivity (Wildman–Crippen MR) is 111 cm³/mol. The lowest BCUT2D eigenvalue weighted by Crippen LogP contribution is -2.47. The summed E-state index contributed by atoms with van der Waals surface area (Å²) in [6, 6.07) is 6.13. The van der Waals surface area contributed by atoms with Gasteiger partial charge in [0.05, 0.1) is 12.7 Å². The van der Waals surface area contributed by atoms with Crippen LogP contribution in [0.15, 0.2) is 34.9 Å². The number of hydrogen-bond donors (Lipinski definition) is 2. The summed E-state index contributed by atoms with van der Waals surface area (Å²) in [5.74, 6) is 0.764. The fourth-order valence-electron chi connectivity index (χ4n) is 3.45. The van der Waals surface area contributed by atoms with E-state index >= 15 is 0 Å². The molecule has 0 atom stereocenters. The van der Waals surface area contributed by atoms with Gasteiger partial charge in [0, 0.05) is 44.1 Å². The Labute approximate surface area is 176 Å². The van der Waals surface area contributed by atoms with Gasteiger partial charge in [0.25, 0.3) is 0 Å². The molecular weight excluding hydrogens is 387 g/mol. The number of carbonyl (C=O) groups is 2. The highest BCUT2D eigenvalue weighted by molar-refractivity contribution is 5.78. The van der Waals surface area contributed by atoms with E-state index in [1.165, 1.54) is 12.1 Å². The van der Waals surface area contributed by atoms with Crippen LogP contribution in [0.4, 0.5) is 4.39 Å². The number of likely N-dealkylation sites (tertiary alicyclic amines) is 1. The Morgan fingerprint density at radius 1 is 1.20 bits per heavy atom. The van der Waals surface area contributed by atoms with Crippen LogP contribution in [0.1, 0.15) is 38.5 Å². The molecule has 8 heteroatoms. The van der Waals surface area contributed by atoms with Gasteiger partial charge in [-0.3, -0.25) is 14.5 Å². The molecule has 2 amide bonds. The van der Waals surface area contributed by atoms with Gasteiger partial charge in [-0.25, -0.2) is 9.37 Å². The maximum absolute atomic E-state index is 13.0. The molecule has 0 unspecified atom stereocenters. The fraction of sp³-hybridized carbons (Fsp3) is 0.500. The highest BCUT2D eigenvalue weighted by Crippen LogP contribution is 2.21. The van der Waals surface area contributed by atoms with Crippen LogP contribution >= 0.6 is 0 Å². The van der Waals surface area contributed by atoms with Crippen molar-refractivity contribution in [2.24, 2.45) is 0 Å². The molecule has 2 N–H and O–H groups in total. The number of nitrogens with one attached hydrogen (secondary N) is 2. The number of aromatic nitrogens is 1. The van der Waals surface area contributed by atoms with Crippen molar-refractivity contribution in [3.8, 4) is 11.3 Å². The van der Waals surface area contributed by atoms with Gasteiger partial charge >= 0.3 is 0 Å². The molecule has 3 rings (SSSR count). The number of piperidine rings is 1. The third kappa shape index (κ3) is 6.66. The zero-order valence-electron chi connectivity index (χ0n) is 17.3. The molecule has 1 fully saturated rings. The summed E-state index contributed by atoms with van der Waals surface area (Å²) in [5.41, 5.74) is 0.745. The van der Waals surface area contributed by atoms with E-state index < -0.39 is 0 Å². The Hall–Kier alpha value is -2.74. The molecule has 30 heavy (non-hydrogen) atoms. The summed E-state index contributed by atoms with van der Waals surface area (Å²) in [7, 11) is 0. The quantitative estimate of drug-likeness (QED) is 0.656. The Morgan fingerprint density at radius 2 is 1.93 bits per heavy atom. The van der Waals surface area contributed by atoms with Crippen molar-refractivity contribution in [2.45, 2.75) is 45.1 Å². The van der Waals surface area contributed by atoms with Crippen molar-refractivity contribution in [3.63, 3.8) is 0 Å². The average molecular weight is 416 g/mol. The maximum Gasteiger partial charge on any atom is 0.234 e. The predicted octanol–water partition coefficient (Wildman–Crippen LogP) is 2.52. The third-order valence-electron chi connectivity index (χ3n) is 5.14. The molecule has 7 nitrogen and oxygen atoms in total. The van der Waals surface area contributed by atoms with E-state index in [-0.39, 0.29) is 23.7 Å². The average Bonchev–Trinajstić information content (AvgIpc) is 3.22. The summed E-state index contributed by atoms with van der Waals surface area (Å²) >= 11 is 0. The summed E-state index contributed by atoms with van der Waals surface area (Å²) in [5, 5.41) is 5.95. The Kier molecular flexibility index (Phi) is 7.96. The summed E-state index contributed by atoms with van der Waals surface area (Å²) in [6.07, 6.45) is 4.89. The second-order valence-corrected chi connectivity index (χ2v) is 7.59. The van der Waals surface area contributed by atoms with E-state index in [0.717, 1.165) is 37.9 Å². The lowest BCUT2D eigenvalue weighted by Gasteiger charge is -2.31. The zero-order chi connectivity index (χ0) is 21.3. The van der Waals surface area contributed by atoms with Gasteiger partial charge in [0.2, 0.25) is 11.8 Å². The maximum atomic E-state index is 13.0. The number of benzene rings is 1. The topological polar surface area (TPSA) is 87.5 Å². The smallest absolute Gasteiger partial charge is 0.234 e. The second kappa shape index (κ2) is 10.9. The van der Waals surface area contributed by atoms with E-state index in [1.54, 1.807) is 18.3 Å². The van der Waals surface area contributed by atoms with Crippen molar-refractivity contribution >= 4 is 11.8 Å². The van der Waals surface area contributed by atoms with Crippen LogP contribution in [0.2, 0.25) is 0 Å². The van der Waals surface area contributed by atoms with Crippen LogP contribution in [0.3, 0.4) is 0 Å². The second-order valence-electron chi connectivity index (χ2n) is 7.59. The lowest BCUT2D eigenvalue weighted by molar-refractivity contribution is -0.124. The van der Waals surface area contributed by atoms with Gasteiger partial charge in [0.15, 0.2) is 11.7 Å². The van der Waals surface area contributed by atoms with Crippen molar-refractivity contribution in [1.29, 1.82) is 0 Å². The standard InChI is InChI=1S/C22H29FN4O3/c1-2-11-24-21(29)15-27-12-9-18(10-13-27)26-20(28)7-8-22-25-14-19(30-22)16-3-5-17(23)6-4-16/h3-6,14,18H,2,7-13,15H2,1H3,(H,24,29)(H,26,28). The third-order valence-corrected chi connectivity index (χ3v) is 5.14. The molecule has 1 aliphatic rings. The number of carbonyl (C=O) groups excluding carboxylic acids is 2. The Morgan fingerprint density at radius 3 is 2.63 bits per heavy atom. The molecule has 1 saturated heterocycles. The first-order valence-electron chi connectivity index (χ1n) is 10.5. The van der Waals surface area contributed by atoms with Crippen molar-refractivity contribution in [3.05, 3.63) is 42.2 Å². The molecule has 0 radical (unpaired) electrons. The molecular formula is C22H29FN4O3. The molecule has 1 aromatic heterocycles. The Balaban J connectivity index is 1.36. The lowest BCUT2D eigenvalue weighted by atomic mass is 10.0. The molecule has 0 aliphatic carbocycles. The molecule has 0 saturated carbocycles. The minimum Gasteiger partial charge on any atom is -0.441 e. The van der Waals surface area contributed by atoms with Crippen LogP contribution in [0.5, 0.6) is 0 Å². The van der Waals surface area contributed by atoms with Crippen molar-refractivity contribution in [2.75, 3.05) is 26.2 Å². The van der Waals surface area contributed by atoms with Crippen LogP contribution in [-0.2, 0) is 16.0 Å². The van der Waals surface area contributed by atoms with E-state index in [0.29, 0.717) is 37.6 Å². The summed E-state index contributed by atoms with van der Waals surface area (Å²) < 4.78 is 18.7.